The van der Waals surface area contributed by atoms with Crippen LogP contribution in [0.25, 0.3) is 11.1 Å². The standard InChI is InChI=1S/C28H34N2O5/c1-3-9-24(25(31)30-28(26(32)33)15-8-10-18(2)16-28)29-27(34)35-17-23-21-13-6-4-11-19(21)20-12-5-7-14-22(20)23/h4-7,11-14,18,23-24H,3,8-10,15-17H2,1-2H3,(H,29,34)(H,30,31)(H,32,33). The second-order valence-corrected chi connectivity index (χ2v) is 9.89. The Morgan fingerprint density at radius 1 is 1.09 bits per heavy atom. The Labute approximate surface area is 206 Å². The van der Waals surface area contributed by atoms with Crippen LogP contribution in [0.4, 0.5) is 4.79 Å². The molecular formula is C28H34N2O5. The van der Waals surface area contributed by atoms with Gasteiger partial charge in [0.2, 0.25) is 5.91 Å². The average molecular weight is 479 g/mol. The van der Waals surface area contributed by atoms with Crippen LogP contribution in [0.2, 0.25) is 0 Å². The topological polar surface area (TPSA) is 105 Å². The predicted molar refractivity (Wildman–Crippen MR) is 133 cm³/mol. The van der Waals surface area contributed by atoms with Crippen LogP contribution in [0.15, 0.2) is 48.5 Å². The van der Waals surface area contributed by atoms with Gasteiger partial charge in [0.25, 0.3) is 0 Å². The maximum absolute atomic E-state index is 13.1. The third kappa shape index (κ3) is 5.19. The van der Waals surface area contributed by atoms with Gasteiger partial charge in [0.1, 0.15) is 18.2 Å². The van der Waals surface area contributed by atoms with E-state index in [-0.39, 0.29) is 18.4 Å². The lowest BCUT2D eigenvalue weighted by atomic mass is 9.76. The van der Waals surface area contributed by atoms with Crippen molar-refractivity contribution in [3.05, 3.63) is 59.7 Å². The first kappa shape index (κ1) is 24.8. The third-order valence-corrected chi connectivity index (χ3v) is 7.30. The van der Waals surface area contributed by atoms with Crippen molar-refractivity contribution < 1.29 is 24.2 Å². The fourth-order valence-electron chi connectivity index (χ4n) is 5.58. The molecule has 0 aromatic heterocycles. The van der Waals surface area contributed by atoms with Gasteiger partial charge in [0, 0.05) is 5.92 Å². The van der Waals surface area contributed by atoms with E-state index in [9.17, 15) is 19.5 Å². The lowest BCUT2D eigenvalue weighted by Gasteiger charge is -2.38. The maximum atomic E-state index is 13.1. The first-order valence-corrected chi connectivity index (χ1v) is 12.5. The second-order valence-electron chi connectivity index (χ2n) is 9.89. The molecule has 2 aromatic rings. The summed E-state index contributed by atoms with van der Waals surface area (Å²) in [7, 11) is 0. The fraction of sp³-hybridized carbons (Fsp3) is 0.464. The molecule has 3 N–H and O–H groups in total. The summed E-state index contributed by atoms with van der Waals surface area (Å²) in [6.45, 7) is 4.06. The lowest BCUT2D eigenvalue weighted by molar-refractivity contribution is -0.150. The number of hydrogen-bond donors (Lipinski definition) is 3. The third-order valence-electron chi connectivity index (χ3n) is 7.30. The quantitative estimate of drug-likeness (QED) is 0.503. The summed E-state index contributed by atoms with van der Waals surface area (Å²) in [5.74, 6) is -1.36. The van der Waals surface area contributed by atoms with E-state index < -0.39 is 29.6 Å². The summed E-state index contributed by atoms with van der Waals surface area (Å²) in [5, 5.41) is 15.3. The highest BCUT2D eigenvalue weighted by Crippen LogP contribution is 2.44. The molecule has 186 valence electrons. The van der Waals surface area contributed by atoms with Gasteiger partial charge in [-0.1, -0.05) is 81.6 Å². The van der Waals surface area contributed by atoms with Gasteiger partial charge in [-0.2, -0.15) is 0 Å². The van der Waals surface area contributed by atoms with Crippen LogP contribution in [0.3, 0.4) is 0 Å². The molecule has 2 amide bonds. The second kappa shape index (κ2) is 10.5. The molecule has 35 heavy (non-hydrogen) atoms. The van der Waals surface area contributed by atoms with Crippen molar-refractivity contribution in [2.75, 3.05) is 6.61 Å². The number of carboxylic acid groups (broad SMARTS) is 1. The zero-order chi connectivity index (χ0) is 25.0. The molecule has 0 spiro atoms. The van der Waals surface area contributed by atoms with Crippen molar-refractivity contribution in [1.29, 1.82) is 0 Å². The van der Waals surface area contributed by atoms with E-state index in [1.54, 1.807) is 0 Å². The smallest absolute Gasteiger partial charge is 0.407 e. The molecular weight excluding hydrogens is 444 g/mol. The number of rotatable bonds is 8. The van der Waals surface area contributed by atoms with Gasteiger partial charge in [-0.15, -0.1) is 0 Å². The number of benzene rings is 2. The molecule has 0 heterocycles. The van der Waals surface area contributed by atoms with Gasteiger partial charge >= 0.3 is 12.1 Å². The number of alkyl carbamates (subject to hydrolysis) is 1. The molecule has 1 saturated carbocycles. The minimum atomic E-state index is -1.29. The molecule has 0 saturated heterocycles. The SMILES string of the molecule is CCCC(NC(=O)OCC1c2ccccc2-c2ccccc21)C(=O)NC1(C(=O)O)CCCC(C)C1. The number of fused-ring (bicyclic) bond motifs is 3. The van der Waals surface area contributed by atoms with Crippen molar-refractivity contribution >= 4 is 18.0 Å². The molecule has 2 aliphatic rings. The summed E-state index contributed by atoms with van der Waals surface area (Å²) in [5.41, 5.74) is 3.21. The summed E-state index contributed by atoms with van der Waals surface area (Å²) in [4.78, 5) is 37.9. The van der Waals surface area contributed by atoms with Gasteiger partial charge in [-0.05, 0) is 47.4 Å². The van der Waals surface area contributed by atoms with Crippen LogP contribution in [0.1, 0.15) is 69.4 Å². The van der Waals surface area contributed by atoms with E-state index in [2.05, 4.69) is 22.8 Å². The highest BCUT2D eigenvalue weighted by Gasteiger charge is 2.44. The zero-order valence-electron chi connectivity index (χ0n) is 20.4. The van der Waals surface area contributed by atoms with Gasteiger partial charge in [-0.25, -0.2) is 9.59 Å². The highest BCUT2D eigenvalue weighted by atomic mass is 16.5. The number of amides is 2. The molecule has 7 nitrogen and oxygen atoms in total. The van der Waals surface area contributed by atoms with E-state index in [1.807, 2.05) is 50.2 Å². The van der Waals surface area contributed by atoms with Gasteiger partial charge in [0.15, 0.2) is 0 Å². The minimum absolute atomic E-state index is 0.0781. The van der Waals surface area contributed by atoms with Crippen molar-refractivity contribution in [2.45, 2.75) is 69.9 Å². The molecule has 3 unspecified atom stereocenters. The summed E-state index contributed by atoms with van der Waals surface area (Å²) < 4.78 is 5.60. The minimum Gasteiger partial charge on any atom is -0.480 e. The van der Waals surface area contributed by atoms with Crippen molar-refractivity contribution in [2.24, 2.45) is 5.92 Å². The molecule has 2 aromatic carbocycles. The summed E-state index contributed by atoms with van der Waals surface area (Å²) >= 11 is 0. The van der Waals surface area contributed by atoms with Crippen molar-refractivity contribution in [3.63, 3.8) is 0 Å². The fourth-order valence-corrected chi connectivity index (χ4v) is 5.58. The number of aliphatic carboxylic acids is 1. The lowest BCUT2D eigenvalue weighted by Crippen LogP contribution is -2.60. The Bertz CT molecular complexity index is 1050. The Morgan fingerprint density at radius 2 is 1.71 bits per heavy atom. The number of carbonyl (C=O) groups is 3. The van der Waals surface area contributed by atoms with Crippen LogP contribution in [0, 0.1) is 5.92 Å². The predicted octanol–water partition coefficient (Wildman–Crippen LogP) is 4.84. The van der Waals surface area contributed by atoms with E-state index in [4.69, 9.17) is 4.74 Å². The molecule has 1 fully saturated rings. The monoisotopic (exact) mass is 478 g/mol. The Morgan fingerprint density at radius 3 is 2.29 bits per heavy atom. The molecule has 7 heteroatoms. The highest BCUT2D eigenvalue weighted by molar-refractivity contribution is 5.91. The van der Waals surface area contributed by atoms with Gasteiger partial charge < -0.3 is 20.5 Å². The van der Waals surface area contributed by atoms with E-state index in [0.717, 1.165) is 35.1 Å². The summed E-state index contributed by atoms with van der Waals surface area (Å²) in [6.07, 6.45) is 2.83. The molecule has 2 aliphatic carbocycles. The average Bonchev–Trinajstić information content (AvgIpc) is 3.16. The number of nitrogens with one attached hydrogen (secondary N) is 2. The van der Waals surface area contributed by atoms with Gasteiger partial charge in [-0.3, -0.25) is 4.79 Å². The van der Waals surface area contributed by atoms with E-state index in [0.29, 0.717) is 25.7 Å². The molecule has 0 aliphatic heterocycles. The van der Waals surface area contributed by atoms with Crippen molar-refractivity contribution in [1.82, 2.24) is 10.6 Å². The number of carboxylic acids is 1. The molecule has 0 bridgehead atoms. The van der Waals surface area contributed by atoms with Crippen LogP contribution in [-0.4, -0.2) is 41.3 Å². The Hall–Kier alpha value is -3.35. The molecule has 0 radical (unpaired) electrons. The first-order valence-electron chi connectivity index (χ1n) is 12.5. The Balaban J connectivity index is 1.41. The normalized spacial score (nSPS) is 21.9. The maximum Gasteiger partial charge on any atom is 0.407 e. The Kier molecular flexibility index (Phi) is 7.43. The van der Waals surface area contributed by atoms with E-state index in [1.165, 1.54) is 0 Å². The van der Waals surface area contributed by atoms with Crippen LogP contribution < -0.4 is 10.6 Å². The largest absolute Gasteiger partial charge is 0.480 e. The van der Waals surface area contributed by atoms with Crippen LogP contribution >= 0.6 is 0 Å². The van der Waals surface area contributed by atoms with E-state index >= 15 is 0 Å². The zero-order valence-corrected chi connectivity index (χ0v) is 20.4. The molecule has 3 atom stereocenters. The number of ether oxygens (including phenoxy) is 1. The number of hydrogen-bond acceptors (Lipinski definition) is 4. The first-order chi connectivity index (χ1) is 16.8. The van der Waals surface area contributed by atoms with Gasteiger partial charge in [0.05, 0.1) is 0 Å². The number of carbonyl (C=O) groups excluding carboxylic acids is 2. The van der Waals surface area contributed by atoms with Crippen LogP contribution in [-0.2, 0) is 14.3 Å². The molecule has 4 rings (SSSR count). The summed E-state index contributed by atoms with van der Waals surface area (Å²) in [6, 6.07) is 15.3. The van der Waals surface area contributed by atoms with Crippen LogP contribution in [0.5, 0.6) is 0 Å². The van der Waals surface area contributed by atoms with Crippen molar-refractivity contribution in [3.8, 4) is 11.1 Å².